The quantitative estimate of drug-likeness (QED) is 0.542. The predicted octanol–water partition coefficient (Wildman–Crippen LogP) is 1.72. The Balaban J connectivity index is 2.14. The lowest BCUT2D eigenvalue weighted by molar-refractivity contribution is -0.128. The third-order valence-corrected chi connectivity index (χ3v) is 3.05. The summed E-state index contributed by atoms with van der Waals surface area (Å²) >= 11 is 0. The van der Waals surface area contributed by atoms with E-state index in [1.54, 1.807) is 6.92 Å². The molecule has 0 radical (unpaired) electrons. The highest BCUT2D eigenvalue weighted by Gasteiger charge is 2.41. The normalized spacial score (nSPS) is 32.6. The number of carbonyl (C=O) groups is 1. The van der Waals surface area contributed by atoms with Crippen LogP contribution >= 0.6 is 0 Å². The smallest absolute Gasteiger partial charge is 0.249 e. The van der Waals surface area contributed by atoms with Gasteiger partial charge in [0, 0.05) is 17.7 Å². The van der Waals surface area contributed by atoms with E-state index in [-0.39, 0.29) is 5.91 Å². The molecule has 1 amide bonds. The van der Waals surface area contributed by atoms with Gasteiger partial charge in [-0.15, -0.1) is 0 Å². The Bertz CT molecular complexity index is 214. The Kier molecular flexibility index (Phi) is 1.71. The maximum absolute atomic E-state index is 11.6. The molecular weight excluding hydrogens is 150 g/mol. The second kappa shape index (κ2) is 2.61. The van der Waals surface area contributed by atoms with Crippen molar-refractivity contribution in [3.8, 4) is 0 Å². The summed E-state index contributed by atoms with van der Waals surface area (Å²) in [5, 5.41) is 0. The Labute approximate surface area is 73.2 Å². The summed E-state index contributed by atoms with van der Waals surface area (Å²) in [6, 6.07) is 1.08. The molecule has 2 heteroatoms. The van der Waals surface area contributed by atoms with Crippen molar-refractivity contribution in [2.45, 2.75) is 44.7 Å². The lowest BCUT2D eigenvalue weighted by Gasteiger charge is -2.21. The largest absolute Gasteiger partial charge is 0.333 e. The number of hydrogen-bond donors (Lipinski definition) is 0. The number of carbonyl (C=O) groups excluding carboxylic acids is 1. The lowest BCUT2D eigenvalue weighted by Crippen LogP contribution is -2.35. The Morgan fingerprint density at radius 2 is 1.67 bits per heavy atom. The minimum atomic E-state index is 0.181. The zero-order valence-corrected chi connectivity index (χ0v) is 7.55. The number of hydrogen-bond acceptors (Lipinski definition) is 1. The van der Waals surface area contributed by atoms with Gasteiger partial charge >= 0.3 is 0 Å². The summed E-state index contributed by atoms with van der Waals surface area (Å²) in [4.78, 5) is 13.7. The average molecular weight is 165 g/mol. The van der Waals surface area contributed by atoms with Crippen molar-refractivity contribution >= 4 is 5.91 Å². The lowest BCUT2D eigenvalue weighted by atomic mass is 10.0. The van der Waals surface area contributed by atoms with Crippen LogP contribution in [0.15, 0.2) is 12.2 Å². The first kappa shape index (κ1) is 7.84. The molecule has 0 N–H and O–H groups in total. The molecule has 2 fully saturated rings. The second-order valence-corrected chi connectivity index (χ2v) is 3.96. The molecule has 2 heterocycles. The van der Waals surface area contributed by atoms with Gasteiger partial charge in [-0.05, 0) is 32.6 Å². The molecule has 66 valence electrons. The molecule has 2 aliphatic rings. The van der Waals surface area contributed by atoms with E-state index >= 15 is 0 Å². The summed E-state index contributed by atoms with van der Waals surface area (Å²) in [6.07, 6.45) is 4.85. The molecule has 2 saturated heterocycles. The van der Waals surface area contributed by atoms with Crippen molar-refractivity contribution in [2.75, 3.05) is 0 Å². The highest BCUT2D eigenvalue weighted by atomic mass is 16.2. The molecule has 0 unspecified atom stereocenters. The van der Waals surface area contributed by atoms with Gasteiger partial charge in [0.1, 0.15) is 0 Å². The van der Waals surface area contributed by atoms with Gasteiger partial charge in [0.15, 0.2) is 0 Å². The van der Waals surface area contributed by atoms with Gasteiger partial charge in [-0.3, -0.25) is 4.79 Å². The molecule has 0 atom stereocenters. The molecule has 2 aliphatic heterocycles. The van der Waals surface area contributed by atoms with E-state index in [1.807, 2.05) is 0 Å². The molecule has 0 aromatic heterocycles. The van der Waals surface area contributed by atoms with E-state index in [0.717, 1.165) is 0 Å². The molecule has 2 nitrogen and oxygen atoms in total. The van der Waals surface area contributed by atoms with Crippen molar-refractivity contribution in [3.63, 3.8) is 0 Å². The number of rotatable bonds is 1. The van der Waals surface area contributed by atoms with Crippen LogP contribution in [0.25, 0.3) is 0 Å². The maximum Gasteiger partial charge on any atom is 0.249 e. The summed E-state index contributed by atoms with van der Waals surface area (Å²) in [7, 11) is 0. The summed E-state index contributed by atoms with van der Waals surface area (Å²) in [6.45, 7) is 5.51. The fourth-order valence-corrected chi connectivity index (χ4v) is 2.46. The Morgan fingerprint density at radius 1 is 1.25 bits per heavy atom. The minimum absolute atomic E-state index is 0.181. The van der Waals surface area contributed by atoms with Crippen LogP contribution in [0, 0.1) is 0 Å². The van der Waals surface area contributed by atoms with Gasteiger partial charge in [0.2, 0.25) is 5.91 Å². The monoisotopic (exact) mass is 165 g/mol. The minimum Gasteiger partial charge on any atom is -0.333 e. The highest BCUT2D eigenvalue weighted by Crippen LogP contribution is 2.37. The molecule has 0 saturated carbocycles. The molecule has 12 heavy (non-hydrogen) atoms. The Hall–Kier alpha value is -0.790. The maximum atomic E-state index is 11.6. The SMILES string of the molecule is C=C(C)C(=O)N1C2CCC1CC2. The van der Waals surface area contributed by atoms with Gasteiger partial charge in [0.25, 0.3) is 0 Å². The van der Waals surface area contributed by atoms with Crippen LogP contribution in [0.4, 0.5) is 0 Å². The van der Waals surface area contributed by atoms with Gasteiger partial charge in [-0.25, -0.2) is 0 Å². The first-order valence-electron chi connectivity index (χ1n) is 4.68. The zero-order chi connectivity index (χ0) is 8.72. The molecule has 0 aliphatic carbocycles. The fourth-order valence-electron chi connectivity index (χ4n) is 2.46. The molecular formula is C10H15NO. The van der Waals surface area contributed by atoms with E-state index in [4.69, 9.17) is 0 Å². The van der Waals surface area contributed by atoms with Crippen LogP contribution < -0.4 is 0 Å². The molecule has 2 bridgehead atoms. The van der Waals surface area contributed by atoms with Crippen LogP contribution in [0.5, 0.6) is 0 Å². The van der Waals surface area contributed by atoms with E-state index in [2.05, 4.69) is 11.5 Å². The summed E-state index contributed by atoms with van der Waals surface area (Å²) < 4.78 is 0. The first-order valence-corrected chi connectivity index (χ1v) is 4.68. The number of fused-ring (bicyclic) bond motifs is 2. The first-order chi connectivity index (χ1) is 5.70. The van der Waals surface area contributed by atoms with Gasteiger partial charge in [-0.1, -0.05) is 6.58 Å². The van der Waals surface area contributed by atoms with Crippen molar-refractivity contribution in [2.24, 2.45) is 0 Å². The van der Waals surface area contributed by atoms with Crippen LogP contribution in [-0.4, -0.2) is 22.9 Å². The molecule has 0 spiro atoms. The topological polar surface area (TPSA) is 20.3 Å². The number of amides is 1. The van der Waals surface area contributed by atoms with Gasteiger partial charge in [-0.2, -0.15) is 0 Å². The fraction of sp³-hybridized carbons (Fsp3) is 0.700. The second-order valence-electron chi connectivity index (χ2n) is 3.96. The van der Waals surface area contributed by atoms with Crippen molar-refractivity contribution in [1.82, 2.24) is 4.90 Å². The van der Waals surface area contributed by atoms with Crippen LogP contribution in [0.1, 0.15) is 32.6 Å². The average Bonchev–Trinajstić information content (AvgIpc) is 2.61. The summed E-state index contributed by atoms with van der Waals surface area (Å²) in [5.41, 5.74) is 0.689. The van der Waals surface area contributed by atoms with Crippen LogP contribution in [0.2, 0.25) is 0 Å². The molecule has 0 aromatic rings. The summed E-state index contributed by atoms with van der Waals surface area (Å²) in [5.74, 6) is 0.181. The highest BCUT2D eigenvalue weighted by molar-refractivity contribution is 5.93. The van der Waals surface area contributed by atoms with Gasteiger partial charge in [0.05, 0.1) is 0 Å². The predicted molar refractivity (Wildman–Crippen MR) is 47.7 cm³/mol. The Morgan fingerprint density at radius 3 is 2.00 bits per heavy atom. The number of nitrogens with zero attached hydrogens (tertiary/aromatic N) is 1. The molecule has 2 rings (SSSR count). The van der Waals surface area contributed by atoms with Crippen LogP contribution in [-0.2, 0) is 4.79 Å². The van der Waals surface area contributed by atoms with Crippen molar-refractivity contribution < 1.29 is 4.79 Å². The van der Waals surface area contributed by atoms with E-state index < -0.39 is 0 Å². The van der Waals surface area contributed by atoms with E-state index in [1.165, 1.54) is 25.7 Å². The third kappa shape index (κ3) is 0.977. The van der Waals surface area contributed by atoms with E-state index in [9.17, 15) is 4.79 Å². The van der Waals surface area contributed by atoms with Crippen molar-refractivity contribution in [3.05, 3.63) is 12.2 Å². The standard InChI is InChI=1S/C10H15NO/c1-7(2)10(12)11-8-3-4-9(11)6-5-8/h8-9H,1,3-6H2,2H3. The zero-order valence-electron chi connectivity index (χ0n) is 7.55. The third-order valence-electron chi connectivity index (χ3n) is 3.05. The van der Waals surface area contributed by atoms with E-state index in [0.29, 0.717) is 17.7 Å². The molecule has 0 aromatic carbocycles. The van der Waals surface area contributed by atoms with Crippen LogP contribution in [0.3, 0.4) is 0 Å². The van der Waals surface area contributed by atoms with Crippen molar-refractivity contribution in [1.29, 1.82) is 0 Å². The van der Waals surface area contributed by atoms with Gasteiger partial charge < -0.3 is 4.90 Å².